The first kappa shape index (κ1) is 35.6. The normalized spacial score (nSPS) is 13.7. The second kappa shape index (κ2) is 14.6. The fourth-order valence-electron chi connectivity index (χ4n) is 5.10. The number of carboxylic acids is 1. The number of rotatable bonds is 8. The Morgan fingerprint density at radius 2 is 1.75 bits per heavy atom. The molecule has 2 amide bonds. The highest BCUT2D eigenvalue weighted by molar-refractivity contribution is 5.99. The summed E-state index contributed by atoms with van der Waals surface area (Å²) in [5.41, 5.74) is 6.56. The summed E-state index contributed by atoms with van der Waals surface area (Å²) in [5, 5.41) is 26.7. The van der Waals surface area contributed by atoms with Crippen LogP contribution in [0.4, 0.5) is 8.78 Å². The lowest BCUT2D eigenvalue weighted by molar-refractivity contribution is 0.00681. The summed E-state index contributed by atoms with van der Waals surface area (Å²) in [6, 6.07) is 8.48. The fraction of sp³-hybridized carbons (Fsp3) is 0.333. The van der Waals surface area contributed by atoms with Gasteiger partial charge in [0.25, 0.3) is 11.8 Å². The Hall–Kier alpha value is -5.28. The molecule has 0 radical (unpaired) electrons. The van der Waals surface area contributed by atoms with Gasteiger partial charge in [-0.1, -0.05) is 12.1 Å². The largest absolute Gasteiger partial charge is 0.476 e. The third kappa shape index (κ3) is 8.16. The summed E-state index contributed by atoms with van der Waals surface area (Å²) in [4.78, 5) is 55.1. The minimum Gasteiger partial charge on any atom is -0.476 e. The van der Waals surface area contributed by atoms with Crippen molar-refractivity contribution in [2.24, 2.45) is 5.73 Å². The van der Waals surface area contributed by atoms with E-state index in [-0.39, 0.29) is 35.9 Å². The van der Waals surface area contributed by atoms with Crippen LogP contribution in [0.25, 0.3) is 5.65 Å². The SMILES string of the molecule is Cc1c(C(=O)OC(C)(C)C)ccc2c1CC[C@@H]2NC(=O)c1cc(C(=O)NCc2ccc(F)c(F)c2)nc2cc(C(=O)O)nn12.NCCO. The number of nitrogens with two attached hydrogens (primary N) is 1. The van der Waals surface area contributed by atoms with Gasteiger partial charge in [-0.15, -0.1) is 0 Å². The molecule has 2 aromatic heterocycles. The van der Waals surface area contributed by atoms with Crippen molar-refractivity contribution in [3.05, 3.63) is 99.0 Å². The summed E-state index contributed by atoms with van der Waals surface area (Å²) in [6.07, 6.45) is 1.13. The summed E-state index contributed by atoms with van der Waals surface area (Å²) in [7, 11) is 0. The van der Waals surface area contributed by atoms with Gasteiger partial charge in [0, 0.05) is 25.2 Å². The highest BCUT2D eigenvalue weighted by Gasteiger charge is 2.30. The molecule has 0 spiro atoms. The molecule has 2 aromatic carbocycles. The smallest absolute Gasteiger partial charge is 0.356 e. The van der Waals surface area contributed by atoms with Crippen molar-refractivity contribution in [3.63, 3.8) is 0 Å². The van der Waals surface area contributed by atoms with E-state index in [4.69, 9.17) is 15.6 Å². The molecule has 1 atom stereocenters. The van der Waals surface area contributed by atoms with Crippen LogP contribution in [0.1, 0.15) is 97.3 Å². The first-order valence-corrected chi connectivity index (χ1v) is 15.0. The molecule has 2 heterocycles. The molecule has 6 N–H and O–H groups in total. The molecule has 0 saturated heterocycles. The number of hydrogen-bond donors (Lipinski definition) is 5. The Labute approximate surface area is 274 Å². The Morgan fingerprint density at radius 3 is 2.38 bits per heavy atom. The topological polar surface area (TPSA) is 198 Å². The molecule has 1 aliphatic carbocycles. The number of nitrogens with zero attached hydrogens (tertiary/aromatic N) is 3. The molecule has 13 nitrogen and oxygen atoms in total. The van der Waals surface area contributed by atoms with Crippen molar-refractivity contribution < 1.29 is 42.9 Å². The number of hydrogen-bond acceptors (Lipinski definition) is 9. The molecule has 5 rings (SSSR count). The number of aliphatic hydroxyl groups excluding tert-OH is 1. The number of nitrogens with one attached hydrogen (secondary N) is 2. The maximum atomic E-state index is 13.6. The summed E-state index contributed by atoms with van der Waals surface area (Å²) >= 11 is 0. The molecular weight excluding hydrogens is 630 g/mol. The molecule has 48 heavy (non-hydrogen) atoms. The molecule has 0 unspecified atom stereocenters. The van der Waals surface area contributed by atoms with Crippen molar-refractivity contribution in [1.29, 1.82) is 0 Å². The molecule has 1 aliphatic rings. The second-order valence-corrected chi connectivity index (χ2v) is 11.9. The van der Waals surface area contributed by atoms with Gasteiger partial charge in [-0.3, -0.25) is 9.59 Å². The maximum Gasteiger partial charge on any atom is 0.356 e. The fourth-order valence-corrected chi connectivity index (χ4v) is 5.10. The average molecular weight is 667 g/mol. The van der Waals surface area contributed by atoms with E-state index in [1.165, 1.54) is 12.1 Å². The summed E-state index contributed by atoms with van der Waals surface area (Å²) in [6.45, 7) is 7.51. The zero-order chi connectivity index (χ0) is 35.3. The van der Waals surface area contributed by atoms with Gasteiger partial charge >= 0.3 is 11.9 Å². The number of carbonyl (C=O) groups excluding carboxylic acids is 3. The van der Waals surface area contributed by atoms with Gasteiger partial charge in [0.1, 0.15) is 17.0 Å². The second-order valence-electron chi connectivity index (χ2n) is 11.9. The van der Waals surface area contributed by atoms with E-state index < -0.39 is 47.0 Å². The summed E-state index contributed by atoms with van der Waals surface area (Å²) in [5.74, 6) is -5.26. The van der Waals surface area contributed by atoms with Gasteiger partial charge in [-0.25, -0.2) is 27.9 Å². The maximum absolute atomic E-state index is 13.6. The first-order chi connectivity index (χ1) is 22.6. The number of carbonyl (C=O) groups is 4. The van der Waals surface area contributed by atoms with Crippen molar-refractivity contribution >= 4 is 29.4 Å². The number of benzene rings is 2. The molecule has 0 aliphatic heterocycles. The summed E-state index contributed by atoms with van der Waals surface area (Å²) < 4.78 is 33.4. The van der Waals surface area contributed by atoms with Crippen LogP contribution in [0.3, 0.4) is 0 Å². The number of amides is 2. The van der Waals surface area contributed by atoms with Gasteiger partial charge in [-0.2, -0.15) is 5.10 Å². The van der Waals surface area contributed by atoms with Crippen molar-refractivity contribution in [2.75, 3.05) is 13.2 Å². The molecule has 0 saturated carbocycles. The molecule has 0 bridgehead atoms. The van der Waals surface area contributed by atoms with E-state index >= 15 is 0 Å². The van der Waals surface area contributed by atoms with Gasteiger partial charge in [0.2, 0.25) is 0 Å². The van der Waals surface area contributed by atoms with Crippen molar-refractivity contribution in [1.82, 2.24) is 25.2 Å². The Bertz CT molecular complexity index is 1880. The highest BCUT2D eigenvalue weighted by atomic mass is 19.2. The van der Waals surface area contributed by atoms with Crippen LogP contribution >= 0.6 is 0 Å². The third-order valence-corrected chi connectivity index (χ3v) is 7.30. The monoisotopic (exact) mass is 666 g/mol. The van der Waals surface area contributed by atoms with Crippen LogP contribution < -0.4 is 16.4 Å². The zero-order valence-corrected chi connectivity index (χ0v) is 26.8. The minimum absolute atomic E-state index is 0.0577. The number of ether oxygens (including phenoxy) is 1. The van der Waals surface area contributed by atoms with E-state index in [1.54, 1.807) is 32.9 Å². The lowest BCUT2D eigenvalue weighted by Gasteiger charge is -2.21. The van der Waals surface area contributed by atoms with E-state index in [9.17, 15) is 33.1 Å². The number of aliphatic hydroxyl groups is 1. The van der Waals surface area contributed by atoms with Crippen LogP contribution in [0.2, 0.25) is 0 Å². The molecule has 4 aromatic rings. The minimum atomic E-state index is -1.35. The van der Waals surface area contributed by atoms with Crippen molar-refractivity contribution in [2.45, 2.75) is 58.7 Å². The number of halogens is 2. The number of fused-ring (bicyclic) bond motifs is 2. The predicted octanol–water partition coefficient (Wildman–Crippen LogP) is 3.25. The quantitative estimate of drug-likeness (QED) is 0.174. The Morgan fingerprint density at radius 1 is 1.04 bits per heavy atom. The Kier molecular flexibility index (Phi) is 10.9. The van der Waals surface area contributed by atoms with Crippen LogP contribution in [0.5, 0.6) is 0 Å². The van der Waals surface area contributed by atoms with Crippen LogP contribution in [0, 0.1) is 18.6 Å². The average Bonchev–Trinajstić information content (AvgIpc) is 3.65. The van der Waals surface area contributed by atoms with Crippen molar-refractivity contribution in [3.8, 4) is 0 Å². The molecule has 0 fully saturated rings. The third-order valence-electron chi connectivity index (χ3n) is 7.30. The standard InChI is InChI=1S/C31H29F2N5O6.C2H7NO/c1-15-17-8-10-22(19(17)7-6-18(15)30(43)44-31(2,3)4)36-28(40)25-12-23(35-26-13-24(29(41)42)37-38(25)26)27(39)34-14-16-5-9-20(32)21(33)11-16;3-1-2-4/h5-7,9,11-13,22H,8,10,14H2,1-4H3,(H,34,39)(H,36,40)(H,41,42);4H,1-3H2/t22-;/m0./s1. The molecule has 15 heteroatoms. The van der Waals surface area contributed by atoms with E-state index in [2.05, 4.69) is 20.7 Å². The zero-order valence-electron chi connectivity index (χ0n) is 26.8. The van der Waals surface area contributed by atoms with Crippen LogP contribution in [-0.4, -0.2) is 67.3 Å². The van der Waals surface area contributed by atoms with Crippen LogP contribution in [0.15, 0.2) is 42.5 Å². The Balaban J connectivity index is 0.00000123. The van der Waals surface area contributed by atoms with Gasteiger partial charge in [0.15, 0.2) is 23.0 Å². The lowest BCUT2D eigenvalue weighted by Crippen LogP contribution is -2.31. The van der Waals surface area contributed by atoms with Crippen LogP contribution in [-0.2, 0) is 17.7 Å². The number of aromatic nitrogens is 3. The number of esters is 1. The van der Waals surface area contributed by atoms with E-state index in [0.29, 0.717) is 30.5 Å². The van der Waals surface area contributed by atoms with Gasteiger partial charge in [-0.05, 0) is 81.0 Å². The van der Waals surface area contributed by atoms with E-state index in [1.807, 2.05) is 6.92 Å². The van der Waals surface area contributed by atoms with E-state index in [0.717, 1.165) is 39.4 Å². The number of aromatic carboxylic acids is 1. The lowest BCUT2D eigenvalue weighted by atomic mass is 9.97. The highest BCUT2D eigenvalue weighted by Crippen LogP contribution is 2.35. The van der Waals surface area contributed by atoms with Gasteiger partial charge < -0.3 is 31.3 Å². The molecular formula is C33H36F2N6O7. The first-order valence-electron chi connectivity index (χ1n) is 15.0. The van der Waals surface area contributed by atoms with Gasteiger partial charge in [0.05, 0.1) is 18.2 Å². The molecule has 254 valence electrons. The number of carboxylic acid groups (broad SMARTS) is 1. The predicted molar refractivity (Wildman–Crippen MR) is 168 cm³/mol.